The van der Waals surface area contributed by atoms with Gasteiger partial charge in [-0.3, -0.25) is 4.79 Å². The Morgan fingerprint density at radius 2 is 2.30 bits per heavy atom. The zero-order chi connectivity index (χ0) is 7.56. The van der Waals surface area contributed by atoms with Gasteiger partial charge in [0.05, 0.1) is 0 Å². The zero-order valence-electron chi connectivity index (χ0n) is 6.48. The van der Waals surface area contributed by atoms with Gasteiger partial charge in [0, 0.05) is 24.7 Å². The van der Waals surface area contributed by atoms with Gasteiger partial charge >= 0.3 is 0 Å². The van der Waals surface area contributed by atoms with E-state index < -0.39 is 0 Å². The molecule has 0 spiro atoms. The second-order valence-corrected chi connectivity index (χ2v) is 2.90. The molecule has 56 valence electrons. The highest BCUT2D eigenvalue weighted by molar-refractivity contribution is 5.91. The summed E-state index contributed by atoms with van der Waals surface area (Å²) in [6, 6.07) is 0. The smallest absolute Gasteiger partial charge is 0.159 e. The van der Waals surface area contributed by atoms with Crippen LogP contribution in [0, 0.1) is 5.92 Å². The first-order valence-electron chi connectivity index (χ1n) is 3.68. The first-order chi connectivity index (χ1) is 4.70. The quantitative estimate of drug-likeness (QED) is 0.589. The molecule has 0 aromatic heterocycles. The van der Waals surface area contributed by atoms with Gasteiger partial charge in [-0.25, -0.2) is 0 Å². The number of hydrogen-bond donors (Lipinski definition) is 1. The Morgan fingerprint density at radius 1 is 1.60 bits per heavy atom. The fraction of sp³-hybridized carbons (Fsp3) is 0.625. The third-order valence-electron chi connectivity index (χ3n) is 1.64. The van der Waals surface area contributed by atoms with E-state index in [0.717, 1.165) is 12.2 Å². The van der Waals surface area contributed by atoms with Crippen LogP contribution in [-0.2, 0) is 4.79 Å². The number of rotatable bonds is 1. The van der Waals surface area contributed by atoms with Crippen molar-refractivity contribution in [1.29, 1.82) is 0 Å². The highest BCUT2D eigenvalue weighted by atomic mass is 16.1. The van der Waals surface area contributed by atoms with E-state index in [2.05, 4.69) is 19.2 Å². The summed E-state index contributed by atoms with van der Waals surface area (Å²) in [7, 11) is 0. The Labute approximate surface area is 61.3 Å². The average molecular weight is 139 g/mol. The molecule has 0 aromatic carbocycles. The van der Waals surface area contributed by atoms with Gasteiger partial charge in [0.2, 0.25) is 0 Å². The van der Waals surface area contributed by atoms with E-state index in [9.17, 15) is 4.79 Å². The normalized spacial score (nSPS) is 18.7. The monoisotopic (exact) mass is 139 g/mol. The summed E-state index contributed by atoms with van der Waals surface area (Å²) >= 11 is 0. The minimum Gasteiger partial charge on any atom is -0.388 e. The second kappa shape index (κ2) is 2.86. The van der Waals surface area contributed by atoms with Crippen LogP contribution in [0.1, 0.15) is 20.3 Å². The molecule has 0 aliphatic carbocycles. The third-order valence-corrected chi connectivity index (χ3v) is 1.64. The van der Waals surface area contributed by atoms with Gasteiger partial charge in [-0.15, -0.1) is 0 Å². The van der Waals surface area contributed by atoms with Crippen LogP contribution in [0.2, 0.25) is 0 Å². The molecule has 0 bridgehead atoms. The van der Waals surface area contributed by atoms with Gasteiger partial charge in [0.15, 0.2) is 5.78 Å². The molecule has 0 fully saturated rings. The maximum absolute atomic E-state index is 10.9. The van der Waals surface area contributed by atoms with E-state index in [4.69, 9.17) is 0 Å². The molecule has 1 N–H and O–H groups in total. The highest BCUT2D eigenvalue weighted by Crippen LogP contribution is 2.09. The van der Waals surface area contributed by atoms with Crippen LogP contribution in [0.25, 0.3) is 0 Å². The summed E-state index contributed by atoms with van der Waals surface area (Å²) in [5, 5.41) is 3.19. The van der Waals surface area contributed by atoms with Gasteiger partial charge in [-0.1, -0.05) is 13.8 Å². The van der Waals surface area contributed by atoms with Crippen LogP contribution < -0.4 is 5.32 Å². The van der Waals surface area contributed by atoms with Crippen LogP contribution in [0.4, 0.5) is 0 Å². The Balaban J connectivity index is 2.66. The number of carbonyl (C=O) groups is 1. The van der Waals surface area contributed by atoms with Crippen molar-refractivity contribution in [1.82, 2.24) is 5.32 Å². The lowest BCUT2D eigenvalue weighted by Gasteiger charge is -2.17. The SMILES string of the molecule is CC(C)C1=CC(=O)CCN1. The topological polar surface area (TPSA) is 29.1 Å². The predicted octanol–water partition coefficient (Wildman–Crippen LogP) is 1.09. The second-order valence-electron chi connectivity index (χ2n) is 2.90. The van der Waals surface area contributed by atoms with Crippen LogP contribution in [-0.4, -0.2) is 12.3 Å². The van der Waals surface area contributed by atoms with E-state index in [0.29, 0.717) is 12.3 Å². The van der Waals surface area contributed by atoms with Crippen LogP contribution >= 0.6 is 0 Å². The zero-order valence-corrected chi connectivity index (χ0v) is 6.48. The molecular weight excluding hydrogens is 126 g/mol. The number of nitrogens with one attached hydrogen (secondary N) is 1. The third kappa shape index (κ3) is 1.59. The minimum atomic E-state index is 0.252. The summed E-state index contributed by atoms with van der Waals surface area (Å²) < 4.78 is 0. The van der Waals surface area contributed by atoms with E-state index in [1.54, 1.807) is 6.08 Å². The van der Waals surface area contributed by atoms with E-state index in [-0.39, 0.29) is 5.78 Å². The Kier molecular flexibility index (Phi) is 2.10. The Bertz CT molecular complexity index is 170. The van der Waals surface area contributed by atoms with Gasteiger partial charge in [-0.05, 0) is 5.92 Å². The molecule has 1 rings (SSSR count). The van der Waals surface area contributed by atoms with Crippen molar-refractivity contribution in [3.63, 3.8) is 0 Å². The summed E-state index contributed by atoms with van der Waals surface area (Å²) in [6.07, 6.45) is 2.37. The Hall–Kier alpha value is -0.790. The van der Waals surface area contributed by atoms with E-state index in [1.807, 2.05) is 0 Å². The summed E-state index contributed by atoms with van der Waals surface area (Å²) in [4.78, 5) is 10.9. The van der Waals surface area contributed by atoms with Crippen molar-refractivity contribution in [3.05, 3.63) is 11.8 Å². The van der Waals surface area contributed by atoms with Crippen LogP contribution in [0.3, 0.4) is 0 Å². The minimum absolute atomic E-state index is 0.252. The average Bonchev–Trinajstić information content (AvgIpc) is 1.88. The van der Waals surface area contributed by atoms with Crippen LogP contribution in [0.15, 0.2) is 11.8 Å². The van der Waals surface area contributed by atoms with Crippen molar-refractivity contribution >= 4 is 5.78 Å². The number of carbonyl (C=O) groups excluding carboxylic acids is 1. The molecule has 2 heteroatoms. The fourth-order valence-corrected chi connectivity index (χ4v) is 0.997. The van der Waals surface area contributed by atoms with E-state index in [1.165, 1.54) is 0 Å². The number of allylic oxidation sites excluding steroid dienone is 2. The highest BCUT2D eigenvalue weighted by Gasteiger charge is 2.10. The fourth-order valence-electron chi connectivity index (χ4n) is 0.997. The molecule has 0 aromatic rings. The lowest BCUT2D eigenvalue weighted by Crippen LogP contribution is -2.26. The standard InChI is InChI=1S/C8H13NO/c1-6(2)8-5-7(10)3-4-9-8/h5-6,9H,3-4H2,1-2H3. The first-order valence-corrected chi connectivity index (χ1v) is 3.68. The summed E-state index contributed by atoms with van der Waals surface area (Å²) in [5.41, 5.74) is 1.08. The molecule has 10 heavy (non-hydrogen) atoms. The molecular formula is C8H13NO. The predicted molar refractivity (Wildman–Crippen MR) is 40.5 cm³/mol. The molecule has 0 saturated heterocycles. The van der Waals surface area contributed by atoms with Crippen molar-refractivity contribution in [2.45, 2.75) is 20.3 Å². The van der Waals surface area contributed by atoms with Gasteiger partial charge in [0.25, 0.3) is 0 Å². The molecule has 0 atom stereocenters. The maximum atomic E-state index is 10.9. The van der Waals surface area contributed by atoms with Crippen molar-refractivity contribution < 1.29 is 4.79 Å². The molecule has 0 radical (unpaired) electrons. The molecule has 0 amide bonds. The van der Waals surface area contributed by atoms with Crippen molar-refractivity contribution in [2.75, 3.05) is 6.54 Å². The lowest BCUT2D eigenvalue weighted by atomic mass is 10.1. The molecule has 1 heterocycles. The molecule has 0 saturated carbocycles. The summed E-state index contributed by atoms with van der Waals surface area (Å²) in [6.45, 7) is 4.97. The van der Waals surface area contributed by atoms with Gasteiger partial charge in [0.1, 0.15) is 0 Å². The Morgan fingerprint density at radius 3 is 2.70 bits per heavy atom. The molecule has 0 unspecified atom stereocenters. The van der Waals surface area contributed by atoms with E-state index >= 15 is 0 Å². The van der Waals surface area contributed by atoms with Crippen LogP contribution in [0.5, 0.6) is 0 Å². The maximum Gasteiger partial charge on any atom is 0.159 e. The molecule has 2 nitrogen and oxygen atoms in total. The van der Waals surface area contributed by atoms with Gasteiger partial charge < -0.3 is 5.32 Å². The van der Waals surface area contributed by atoms with Gasteiger partial charge in [-0.2, -0.15) is 0 Å². The summed E-state index contributed by atoms with van der Waals surface area (Å²) in [5.74, 6) is 0.701. The number of ketones is 1. The lowest BCUT2D eigenvalue weighted by molar-refractivity contribution is -0.114. The van der Waals surface area contributed by atoms with Crippen molar-refractivity contribution in [2.24, 2.45) is 5.92 Å². The first kappa shape index (κ1) is 7.32. The van der Waals surface area contributed by atoms with Crippen molar-refractivity contribution in [3.8, 4) is 0 Å². The largest absolute Gasteiger partial charge is 0.388 e. The number of hydrogen-bond acceptors (Lipinski definition) is 2. The molecule has 1 aliphatic heterocycles. The molecule has 1 aliphatic rings.